The number of fused-ring (bicyclic) bond motifs is 1. The number of aryl methyl sites for hydroxylation is 1. The molecule has 3 aromatic rings. The maximum Gasteiger partial charge on any atom is 0.326 e. The second kappa shape index (κ2) is 7.19. The summed E-state index contributed by atoms with van der Waals surface area (Å²) < 4.78 is 6.57. The van der Waals surface area contributed by atoms with Gasteiger partial charge in [-0.2, -0.15) is 0 Å². The maximum atomic E-state index is 12.9. The quantitative estimate of drug-likeness (QED) is 0.653. The van der Waals surface area contributed by atoms with E-state index in [9.17, 15) is 9.59 Å². The highest BCUT2D eigenvalue weighted by molar-refractivity contribution is 7.17. The van der Waals surface area contributed by atoms with Crippen molar-refractivity contribution in [2.45, 2.75) is 39.8 Å². The van der Waals surface area contributed by atoms with Gasteiger partial charge in [0.1, 0.15) is 11.4 Å². The van der Waals surface area contributed by atoms with Gasteiger partial charge in [0.15, 0.2) is 0 Å². The standard InChI is InChI=1S/C19H20N2O3S/c1-4-13(3)24-16(22)9-21-11-20-18-17(19(21)23)15(10-25-18)14-7-5-12(2)6-8-14/h5-8,10-11,13H,4,9H2,1-3H3/t13-/m0/s1. The molecule has 5 nitrogen and oxygen atoms in total. The lowest BCUT2D eigenvalue weighted by Crippen LogP contribution is -2.27. The molecule has 1 atom stereocenters. The molecule has 0 fully saturated rings. The van der Waals surface area contributed by atoms with Gasteiger partial charge in [-0.15, -0.1) is 11.3 Å². The molecular formula is C19H20N2O3S. The number of benzene rings is 1. The second-order valence-electron chi connectivity index (χ2n) is 6.08. The molecule has 0 N–H and O–H groups in total. The number of nitrogens with zero attached hydrogens (tertiary/aromatic N) is 2. The summed E-state index contributed by atoms with van der Waals surface area (Å²) in [5, 5.41) is 2.48. The van der Waals surface area contributed by atoms with Crippen LogP contribution in [0.2, 0.25) is 0 Å². The molecule has 3 rings (SSSR count). The van der Waals surface area contributed by atoms with Crippen molar-refractivity contribution in [2.24, 2.45) is 0 Å². The van der Waals surface area contributed by atoms with Gasteiger partial charge < -0.3 is 4.74 Å². The topological polar surface area (TPSA) is 61.2 Å². The summed E-state index contributed by atoms with van der Waals surface area (Å²) in [5.41, 5.74) is 2.76. The first-order valence-corrected chi connectivity index (χ1v) is 9.10. The van der Waals surface area contributed by atoms with Crippen LogP contribution in [0.1, 0.15) is 25.8 Å². The Kier molecular flexibility index (Phi) is 4.99. The fourth-order valence-corrected chi connectivity index (χ4v) is 3.42. The molecule has 0 aliphatic rings. The van der Waals surface area contributed by atoms with E-state index in [1.807, 2.05) is 50.4 Å². The van der Waals surface area contributed by atoms with Gasteiger partial charge in [-0.25, -0.2) is 4.98 Å². The monoisotopic (exact) mass is 356 g/mol. The number of esters is 1. The van der Waals surface area contributed by atoms with Gasteiger partial charge in [0.25, 0.3) is 5.56 Å². The number of carbonyl (C=O) groups is 1. The Morgan fingerprint density at radius 2 is 2.04 bits per heavy atom. The van der Waals surface area contributed by atoms with Crippen LogP contribution in [0.15, 0.2) is 40.8 Å². The summed E-state index contributed by atoms with van der Waals surface area (Å²) >= 11 is 1.43. The second-order valence-corrected chi connectivity index (χ2v) is 6.94. The van der Waals surface area contributed by atoms with Crippen LogP contribution in [0.25, 0.3) is 21.3 Å². The molecule has 2 heterocycles. The summed E-state index contributed by atoms with van der Waals surface area (Å²) in [6.07, 6.45) is 1.99. The van der Waals surface area contributed by atoms with E-state index in [1.165, 1.54) is 22.2 Å². The average Bonchev–Trinajstić information content (AvgIpc) is 3.02. The van der Waals surface area contributed by atoms with E-state index < -0.39 is 5.97 Å². The first-order valence-electron chi connectivity index (χ1n) is 8.22. The summed E-state index contributed by atoms with van der Waals surface area (Å²) in [6.45, 7) is 5.66. The molecule has 0 aliphatic carbocycles. The molecule has 1 aromatic carbocycles. The zero-order valence-corrected chi connectivity index (χ0v) is 15.3. The van der Waals surface area contributed by atoms with Crippen molar-refractivity contribution >= 4 is 27.5 Å². The van der Waals surface area contributed by atoms with Crippen molar-refractivity contribution in [2.75, 3.05) is 0 Å². The number of ether oxygens (including phenoxy) is 1. The first kappa shape index (κ1) is 17.4. The molecule has 0 amide bonds. The number of hydrogen-bond acceptors (Lipinski definition) is 5. The smallest absolute Gasteiger partial charge is 0.326 e. The van der Waals surface area contributed by atoms with Gasteiger partial charge in [0.05, 0.1) is 17.8 Å². The third kappa shape index (κ3) is 3.64. The maximum absolute atomic E-state index is 12.9. The molecule has 0 radical (unpaired) electrons. The minimum absolute atomic E-state index is 0.130. The average molecular weight is 356 g/mol. The van der Waals surface area contributed by atoms with Crippen LogP contribution < -0.4 is 5.56 Å². The van der Waals surface area contributed by atoms with Crippen LogP contribution in [0.3, 0.4) is 0 Å². The third-order valence-corrected chi connectivity index (χ3v) is 5.02. The van der Waals surface area contributed by atoms with E-state index in [0.717, 1.165) is 23.1 Å². The lowest BCUT2D eigenvalue weighted by Gasteiger charge is -2.11. The normalized spacial score (nSPS) is 12.3. The van der Waals surface area contributed by atoms with Crippen LogP contribution in [0, 0.1) is 6.92 Å². The van der Waals surface area contributed by atoms with E-state index in [-0.39, 0.29) is 18.2 Å². The van der Waals surface area contributed by atoms with Crippen molar-refractivity contribution in [3.8, 4) is 11.1 Å². The molecule has 0 spiro atoms. The highest BCUT2D eigenvalue weighted by atomic mass is 32.1. The van der Waals surface area contributed by atoms with Crippen LogP contribution in [-0.4, -0.2) is 21.6 Å². The number of carbonyl (C=O) groups excluding carboxylic acids is 1. The van der Waals surface area contributed by atoms with E-state index in [0.29, 0.717) is 10.2 Å². The van der Waals surface area contributed by atoms with E-state index >= 15 is 0 Å². The minimum atomic E-state index is -0.426. The molecule has 0 unspecified atom stereocenters. The Hall–Kier alpha value is -2.47. The Labute approximate surface area is 149 Å². The molecule has 0 saturated carbocycles. The van der Waals surface area contributed by atoms with Crippen LogP contribution in [0.4, 0.5) is 0 Å². The third-order valence-electron chi connectivity index (χ3n) is 4.13. The number of hydrogen-bond donors (Lipinski definition) is 0. The minimum Gasteiger partial charge on any atom is -0.461 e. The van der Waals surface area contributed by atoms with E-state index in [1.54, 1.807) is 0 Å². The molecule has 0 aliphatic heterocycles. The highest BCUT2D eigenvalue weighted by Crippen LogP contribution is 2.30. The molecule has 2 aromatic heterocycles. The first-order chi connectivity index (χ1) is 12.0. The molecule has 0 saturated heterocycles. The lowest BCUT2D eigenvalue weighted by molar-refractivity contribution is -0.149. The largest absolute Gasteiger partial charge is 0.461 e. The molecule has 0 bridgehead atoms. The Morgan fingerprint density at radius 1 is 1.32 bits per heavy atom. The van der Waals surface area contributed by atoms with E-state index in [2.05, 4.69) is 4.98 Å². The summed E-state index contributed by atoms with van der Waals surface area (Å²) in [5.74, 6) is -0.426. The predicted molar refractivity (Wildman–Crippen MR) is 99.9 cm³/mol. The zero-order chi connectivity index (χ0) is 18.0. The molecule has 25 heavy (non-hydrogen) atoms. The van der Waals surface area contributed by atoms with E-state index in [4.69, 9.17) is 4.74 Å². The van der Waals surface area contributed by atoms with Gasteiger partial charge >= 0.3 is 5.97 Å². The van der Waals surface area contributed by atoms with Crippen molar-refractivity contribution in [3.05, 3.63) is 51.9 Å². The Bertz CT molecular complexity index is 957. The van der Waals surface area contributed by atoms with Crippen molar-refractivity contribution < 1.29 is 9.53 Å². The fourth-order valence-electron chi connectivity index (χ4n) is 2.51. The lowest BCUT2D eigenvalue weighted by atomic mass is 10.1. The van der Waals surface area contributed by atoms with Crippen molar-refractivity contribution in [1.29, 1.82) is 0 Å². The van der Waals surface area contributed by atoms with Crippen LogP contribution in [-0.2, 0) is 16.1 Å². The zero-order valence-electron chi connectivity index (χ0n) is 14.5. The fraction of sp³-hybridized carbons (Fsp3) is 0.316. The number of rotatable bonds is 5. The molecule has 130 valence electrons. The predicted octanol–water partition coefficient (Wildman–Crippen LogP) is 3.78. The summed E-state index contributed by atoms with van der Waals surface area (Å²) in [6, 6.07) is 8.00. The van der Waals surface area contributed by atoms with Gasteiger partial charge in [-0.05, 0) is 25.8 Å². The SMILES string of the molecule is CC[C@H](C)OC(=O)Cn1cnc2scc(-c3ccc(C)cc3)c2c1=O. The Morgan fingerprint density at radius 3 is 2.72 bits per heavy atom. The van der Waals surface area contributed by atoms with Gasteiger partial charge in [0, 0.05) is 10.9 Å². The van der Waals surface area contributed by atoms with Gasteiger partial charge in [-0.1, -0.05) is 36.8 Å². The summed E-state index contributed by atoms with van der Waals surface area (Å²) in [4.78, 5) is 29.9. The van der Waals surface area contributed by atoms with Crippen LogP contribution in [0.5, 0.6) is 0 Å². The highest BCUT2D eigenvalue weighted by Gasteiger charge is 2.16. The van der Waals surface area contributed by atoms with Crippen molar-refractivity contribution in [1.82, 2.24) is 9.55 Å². The Balaban J connectivity index is 1.99. The summed E-state index contributed by atoms with van der Waals surface area (Å²) in [7, 11) is 0. The number of aromatic nitrogens is 2. The molecule has 6 heteroatoms. The number of thiophene rings is 1. The van der Waals surface area contributed by atoms with Gasteiger partial charge in [-0.3, -0.25) is 14.2 Å². The van der Waals surface area contributed by atoms with Gasteiger partial charge in [0.2, 0.25) is 0 Å². The molecular weight excluding hydrogens is 336 g/mol. The van der Waals surface area contributed by atoms with Crippen molar-refractivity contribution in [3.63, 3.8) is 0 Å². The van der Waals surface area contributed by atoms with Crippen LogP contribution >= 0.6 is 11.3 Å².